The maximum absolute atomic E-state index is 12.2. The number of aromatic nitrogens is 2. The van der Waals surface area contributed by atoms with Crippen molar-refractivity contribution in [1.29, 1.82) is 0 Å². The Morgan fingerprint density at radius 2 is 1.96 bits per heavy atom. The van der Waals surface area contributed by atoms with Crippen molar-refractivity contribution >= 4 is 11.8 Å². The molecule has 7 heteroatoms. The zero-order chi connectivity index (χ0) is 17.5. The largest absolute Gasteiger partial charge is 0.368 e. The fourth-order valence-corrected chi connectivity index (χ4v) is 2.25. The Labute approximate surface area is 139 Å². The number of carbonyl (C=O) groups is 2. The molecule has 0 radical (unpaired) electrons. The standard InChI is InChI=1S/C17H20N4O3/c1-2-3-4-14(15(18)22)21-16(23)12-7-5-11(6-8-12)13-9-19-17(24)20-10-13/h5-10,14H,2-4H2,1H3,(H2,18,22)(H,21,23)(H,19,20,24)/t14-/m0/s1. The lowest BCUT2D eigenvalue weighted by atomic mass is 10.1. The number of unbranched alkanes of at least 4 members (excludes halogenated alkanes) is 1. The van der Waals surface area contributed by atoms with Crippen LogP contribution >= 0.6 is 0 Å². The Balaban J connectivity index is 2.09. The van der Waals surface area contributed by atoms with Crippen molar-refractivity contribution in [3.05, 3.63) is 52.7 Å². The third-order valence-electron chi connectivity index (χ3n) is 3.65. The zero-order valence-electron chi connectivity index (χ0n) is 13.4. The van der Waals surface area contributed by atoms with Crippen molar-refractivity contribution in [1.82, 2.24) is 15.3 Å². The quantitative estimate of drug-likeness (QED) is 0.708. The van der Waals surface area contributed by atoms with Crippen molar-refractivity contribution in [2.45, 2.75) is 32.2 Å². The van der Waals surface area contributed by atoms with Gasteiger partial charge >= 0.3 is 5.69 Å². The van der Waals surface area contributed by atoms with E-state index in [1.165, 1.54) is 6.20 Å². The first-order valence-corrected chi connectivity index (χ1v) is 7.76. The molecule has 0 spiro atoms. The van der Waals surface area contributed by atoms with E-state index in [2.05, 4.69) is 15.3 Å². The van der Waals surface area contributed by atoms with Gasteiger partial charge in [-0.15, -0.1) is 0 Å². The van der Waals surface area contributed by atoms with Gasteiger partial charge in [-0.25, -0.2) is 9.78 Å². The van der Waals surface area contributed by atoms with Crippen LogP contribution in [-0.2, 0) is 4.79 Å². The van der Waals surface area contributed by atoms with Gasteiger partial charge in [0, 0.05) is 23.5 Å². The average Bonchev–Trinajstić information content (AvgIpc) is 2.59. The third-order valence-corrected chi connectivity index (χ3v) is 3.65. The minimum absolute atomic E-state index is 0.346. The van der Waals surface area contributed by atoms with Gasteiger partial charge in [-0.3, -0.25) is 9.59 Å². The highest BCUT2D eigenvalue weighted by Crippen LogP contribution is 2.17. The molecular formula is C17H20N4O3. The predicted octanol–water partition coefficient (Wildman–Crippen LogP) is 1.21. The van der Waals surface area contributed by atoms with Crippen molar-refractivity contribution < 1.29 is 9.59 Å². The van der Waals surface area contributed by atoms with E-state index in [1.54, 1.807) is 30.5 Å². The summed E-state index contributed by atoms with van der Waals surface area (Å²) in [7, 11) is 0. The van der Waals surface area contributed by atoms with Gasteiger partial charge in [0.25, 0.3) is 5.91 Å². The first-order valence-electron chi connectivity index (χ1n) is 7.76. The van der Waals surface area contributed by atoms with Crippen LogP contribution in [0.3, 0.4) is 0 Å². The summed E-state index contributed by atoms with van der Waals surface area (Å²) in [6.07, 6.45) is 5.27. The molecule has 2 aromatic rings. The molecule has 1 aromatic carbocycles. The smallest absolute Gasteiger partial charge is 0.344 e. The number of nitrogens with two attached hydrogens (primary N) is 1. The molecule has 0 saturated heterocycles. The fourth-order valence-electron chi connectivity index (χ4n) is 2.25. The second-order valence-electron chi connectivity index (χ2n) is 5.46. The molecule has 0 saturated carbocycles. The number of benzene rings is 1. The van der Waals surface area contributed by atoms with Gasteiger partial charge < -0.3 is 16.0 Å². The number of hydrogen-bond donors (Lipinski definition) is 3. The highest BCUT2D eigenvalue weighted by atomic mass is 16.2. The number of aromatic amines is 1. The Bertz CT molecular complexity index is 748. The number of amides is 2. The molecule has 0 unspecified atom stereocenters. The Morgan fingerprint density at radius 3 is 2.50 bits per heavy atom. The molecule has 24 heavy (non-hydrogen) atoms. The summed E-state index contributed by atoms with van der Waals surface area (Å²) in [5.74, 6) is -0.881. The lowest BCUT2D eigenvalue weighted by Crippen LogP contribution is -2.44. The maximum Gasteiger partial charge on any atom is 0.344 e. The van der Waals surface area contributed by atoms with Gasteiger partial charge in [0.1, 0.15) is 6.04 Å². The summed E-state index contributed by atoms with van der Waals surface area (Å²) in [5.41, 5.74) is 6.89. The molecule has 1 aromatic heterocycles. The van der Waals surface area contributed by atoms with Crippen LogP contribution < -0.4 is 16.7 Å². The first kappa shape index (κ1) is 17.4. The van der Waals surface area contributed by atoms with Crippen LogP contribution in [0.15, 0.2) is 41.5 Å². The number of primary amides is 1. The number of rotatable bonds is 7. The van der Waals surface area contributed by atoms with E-state index in [9.17, 15) is 14.4 Å². The summed E-state index contributed by atoms with van der Waals surface area (Å²) in [6, 6.07) is 6.12. The normalized spacial score (nSPS) is 11.7. The molecule has 0 aliphatic heterocycles. The molecular weight excluding hydrogens is 308 g/mol. The predicted molar refractivity (Wildman–Crippen MR) is 90.3 cm³/mol. The number of hydrogen-bond acceptors (Lipinski definition) is 4. The van der Waals surface area contributed by atoms with Crippen LogP contribution in [0.2, 0.25) is 0 Å². The van der Waals surface area contributed by atoms with Gasteiger partial charge in [-0.1, -0.05) is 31.9 Å². The van der Waals surface area contributed by atoms with E-state index in [0.717, 1.165) is 24.0 Å². The molecule has 126 valence electrons. The summed E-state index contributed by atoms with van der Waals surface area (Å²) < 4.78 is 0. The number of nitrogens with one attached hydrogen (secondary N) is 2. The van der Waals surface area contributed by atoms with Gasteiger partial charge in [-0.05, 0) is 24.1 Å². The minimum Gasteiger partial charge on any atom is -0.368 e. The molecule has 4 N–H and O–H groups in total. The van der Waals surface area contributed by atoms with Gasteiger partial charge in [0.05, 0.1) is 0 Å². The molecule has 0 bridgehead atoms. The van der Waals surface area contributed by atoms with Crippen LogP contribution in [0.4, 0.5) is 0 Å². The SMILES string of the molecule is CCCC[C@H](NC(=O)c1ccc(-c2cnc(=O)[nH]c2)cc1)C(N)=O. The monoisotopic (exact) mass is 328 g/mol. The lowest BCUT2D eigenvalue weighted by molar-refractivity contribution is -0.120. The molecule has 2 amide bonds. The van der Waals surface area contributed by atoms with Gasteiger partial charge in [0.2, 0.25) is 5.91 Å². The summed E-state index contributed by atoms with van der Waals surface area (Å²) in [4.78, 5) is 40.8. The Hall–Kier alpha value is -2.96. The number of H-pyrrole nitrogens is 1. The highest BCUT2D eigenvalue weighted by molar-refractivity contribution is 5.97. The summed E-state index contributed by atoms with van der Waals surface area (Å²) in [6.45, 7) is 2.00. The lowest BCUT2D eigenvalue weighted by Gasteiger charge is -2.15. The van der Waals surface area contributed by atoms with Crippen LogP contribution in [-0.4, -0.2) is 27.8 Å². The van der Waals surface area contributed by atoms with Gasteiger partial charge in [-0.2, -0.15) is 0 Å². The second-order valence-corrected chi connectivity index (χ2v) is 5.46. The number of nitrogens with zero attached hydrogens (tertiary/aromatic N) is 1. The van der Waals surface area contributed by atoms with Gasteiger partial charge in [0.15, 0.2) is 0 Å². The Morgan fingerprint density at radius 1 is 1.25 bits per heavy atom. The van der Waals surface area contributed by atoms with Crippen LogP contribution in [0.25, 0.3) is 11.1 Å². The van der Waals surface area contributed by atoms with E-state index >= 15 is 0 Å². The molecule has 7 nitrogen and oxygen atoms in total. The molecule has 0 fully saturated rings. The van der Waals surface area contributed by atoms with Crippen LogP contribution in [0.5, 0.6) is 0 Å². The molecule has 1 atom stereocenters. The zero-order valence-corrected chi connectivity index (χ0v) is 13.4. The van der Waals surface area contributed by atoms with Crippen LogP contribution in [0.1, 0.15) is 36.5 Å². The van der Waals surface area contributed by atoms with Crippen LogP contribution in [0, 0.1) is 0 Å². The fraction of sp³-hybridized carbons (Fsp3) is 0.294. The average molecular weight is 328 g/mol. The topological polar surface area (TPSA) is 118 Å². The molecule has 0 aliphatic rings. The maximum atomic E-state index is 12.2. The molecule has 2 rings (SSSR count). The summed E-state index contributed by atoms with van der Waals surface area (Å²) in [5, 5.41) is 2.66. The highest BCUT2D eigenvalue weighted by Gasteiger charge is 2.18. The number of carbonyl (C=O) groups excluding carboxylic acids is 2. The minimum atomic E-state index is -0.666. The van der Waals surface area contributed by atoms with Crippen molar-refractivity contribution in [2.24, 2.45) is 5.73 Å². The van der Waals surface area contributed by atoms with E-state index in [-0.39, 0.29) is 5.91 Å². The van der Waals surface area contributed by atoms with Crippen molar-refractivity contribution in [3.8, 4) is 11.1 Å². The van der Waals surface area contributed by atoms with E-state index in [4.69, 9.17) is 5.73 Å². The third kappa shape index (κ3) is 4.52. The summed E-state index contributed by atoms with van der Waals surface area (Å²) >= 11 is 0. The second kappa shape index (κ2) is 8.05. The van der Waals surface area contributed by atoms with E-state index < -0.39 is 17.6 Å². The molecule has 1 heterocycles. The van der Waals surface area contributed by atoms with Crippen molar-refractivity contribution in [3.63, 3.8) is 0 Å². The van der Waals surface area contributed by atoms with E-state index in [0.29, 0.717) is 12.0 Å². The van der Waals surface area contributed by atoms with E-state index in [1.807, 2.05) is 6.92 Å². The van der Waals surface area contributed by atoms with Crippen molar-refractivity contribution in [2.75, 3.05) is 0 Å². The first-order chi connectivity index (χ1) is 11.5. The Kier molecular flexibility index (Phi) is 5.83. The molecule has 0 aliphatic carbocycles.